The van der Waals surface area contributed by atoms with Gasteiger partial charge in [0.05, 0.1) is 6.10 Å². The summed E-state index contributed by atoms with van der Waals surface area (Å²) >= 11 is 0. The topological polar surface area (TPSA) is 35.2 Å². The molecule has 0 amide bonds. The van der Waals surface area contributed by atoms with E-state index in [-0.39, 0.29) is 0 Å². The van der Waals surface area contributed by atoms with E-state index in [9.17, 15) is 0 Å². The summed E-state index contributed by atoms with van der Waals surface area (Å²) in [5, 5.41) is 0. The van der Waals surface area contributed by atoms with Gasteiger partial charge < -0.3 is 10.5 Å². The molecule has 1 saturated heterocycles. The van der Waals surface area contributed by atoms with Crippen LogP contribution < -0.4 is 5.73 Å². The second kappa shape index (κ2) is 5.46. The lowest BCUT2D eigenvalue weighted by Crippen LogP contribution is -2.25. The van der Waals surface area contributed by atoms with Crippen LogP contribution in [0.15, 0.2) is 30.3 Å². The van der Waals surface area contributed by atoms with Crippen LogP contribution in [-0.2, 0) is 4.74 Å². The monoisotopic (exact) mass is 219 g/mol. The maximum atomic E-state index is 5.77. The van der Waals surface area contributed by atoms with Gasteiger partial charge in [-0.05, 0) is 36.8 Å². The van der Waals surface area contributed by atoms with Crippen molar-refractivity contribution < 1.29 is 4.74 Å². The fraction of sp³-hybridized carbons (Fsp3) is 0.571. The Hall–Kier alpha value is -0.860. The lowest BCUT2D eigenvalue weighted by molar-refractivity contribution is 0.0802. The molecule has 1 aliphatic heterocycles. The van der Waals surface area contributed by atoms with E-state index in [2.05, 4.69) is 37.3 Å². The molecule has 2 nitrogen and oxygen atoms in total. The molecule has 1 aromatic rings. The summed E-state index contributed by atoms with van der Waals surface area (Å²) in [6, 6.07) is 10.6. The van der Waals surface area contributed by atoms with Crippen LogP contribution in [0.2, 0.25) is 0 Å². The van der Waals surface area contributed by atoms with E-state index < -0.39 is 0 Å². The predicted molar refractivity (Wildman–Crippen MR) is 66.4 cm³/mol. The average molecular weight is 219 g/mol. The van der Waals surface area contributed by atoms with Gasteiger partial charge in [-0.2, -0.15) is 0 Å². The van der Waals surface area contributed by atoms with Crippen LogP contribution in [-0.4, -0.2) is 19.3 Å². The molecule has 0 radical (unpaired) electrons. The molecule has 3 atom stereocenters. The standard InChI is InChI=1S/C14H21NO/c1-11(12-5-3-2-4-6-12)9-14-13(10-15)7-8-16-14/h2-6,11,13-14H,7-10,15H2,1H3. The molecule has 2 N–H and O–H groups in total. The van der Waals surface area contributed by atoms with Crippen molar-refractivity contribution in [2.75, 3.05) is 13.2 Å². The van der Waals surface area contributed by atoms with Crippen molar-refractivity contribution in [3.05, 3.63) is 35.9 Å². The Labute approximate surface area is 97.8 Å². The third-order valence-corrected chi connectivity index (χ3v) is 3.60. The summed E-state index contributed by atoms with van der Waals surface area (Å²) in [6.45, 7) is 3.91. The average Bonchev–Trinajstić information content (AvgIpc) is 2.77. The van der Waals surface area contributed by atoms with Crippen LogP contribution in [0.4, 0.5) is 0 Å². The fourth-order valence-corrected chi connectivity index (χ4v) is 2.49. The van der Waals surface area contributed by atoms with Crippen LogP contribution in [0.1, 0.15) is 31.2 Å². The highest BCUT2D eigenvalue weighted by molar-refractivity contribution is 5.18. The van der Waals surface area contributed by atoms with Gasteiger partial charge in [0.1, 0.15) is 0 Å². The van der Waals surface area contributed by atoms with Crippen molar-refractivity contribution in [3.63, 3.8) is 0 Å². The SMILES string of the molecule is CC(CC1OCCC1CN)c1ccccc1. The second-order valence-electron chi connectivity index (χ2n) is 4.74. The van der Waals surface area contributed by atoms with E-state index in [1.807, 2.05) is 0 Å². The lowest BCUT2D eigenvalue weighted by Gasteiger charge is -2.21. The highest BCUT2D eigenvalue weighted by Crippen LogP contribution is 2.29. The van der Waals surface area contributed by atoms with Gasteiger partial charge in [0, 0.05) is 6.61 Å². The Morgan fingerprint density at radius 2 is 2.12 bits per heavy atom. The molecule has 1 fully saturated rings. The number of ether oxygens (including phenoxy) is 1. The largest absolute Gasteiger partial charge is 0.378 e. The minimum atomic E-state index is 0.361. The smallest absolute Gasteiger partial charge is 0.0621 e. The Morgan fingerprint density at radius 3 is 2.81 bits per heavy atom. The molecular weight excluding hydrogens is 198 g/mol. The van der Waals surface area contributed by atoms with Crippen LogP contribution in [0.25, 0.3) is 0 Å². The third-order valence-electron chi connectivity index (χ3n) is 3.60. The Kier molecular flexibility index (Phi) is 3.97. The molecule has 0 spiro atoms. The molecule has 0 saturated carbocycles. The van der Waals surface area contributed by atoms with Crippen LogP contribution in [0.5, 0.6) is 0 Å². The molecule has 1 aliphatic rings. The first-order chi connectivity index (χ1) is 7.81. The maximum Gasteiger partial charge on any atom is 0.0621 e. The first kappa shape index (κ1) is 11.6. The highest BCUT2D eigenvalue weighted by Gasteiger charge is 2.28. The summed E-state index contributed by atoms with van der Waals surface area (Å²) in [5.41, 5.74) is 7.16. The number of hydrogen-bond acceptors (Lipinski definition) is 2. The van der Waals surface area contributed by atoms with Gasteiger partial charge in [-0.1, -0.05) is 37.3 Å². The van der Waals surface area contributed by atoms with Crippen molar-refractivity contribution >= 4 is 0 Å². The van der Waals surface area contributed by atoms with E-state index in [1.165, 1.54) is 5.56 Å². The van der Waals surface area contributed by atoms with Gasteiger partial charge in [-0.25, -0.2) is 0 Å². The Morgan fingerprint density at radius 1 is 1.38 bits per heavy atom. The van der Waals surface area contributed by atoms with E-state index >= 15 is 0 Å². The predicted octanol–water partition coefficient (Wildman–Crippen LogP) is 2.54. The minimum absolute atomic E-state index is 0.361. The summed E-state index contributed by atoms with van der Waals surface area (Å²) in [4.78, 5) is 0. The molecule has 0 aromatic heterocycles. The van der Waals surface area contributed by atoms with Crippen molar-refractivity contribution in [2.24, 2.45) is 11.7 Å². The number of nitrogens with two attached hydrogens (primary N) is 1. The van der Waals surface area contributed by atoms with E-state index in [0.29, 0.717) is 17.9 Å². The van der Waals surface area contributed by atoms with Gasteiger partial charge in [-0.15, -0.1) is 0 Å². The van der Waals surface area contributed by atoms with Gasteiger partial charge in [-0.3, -0.25) is 0 Å². The van der Waals surface area contributed by atoms with E-state index in [0.717, 1.165) is 26.0 Å². The summed E-state index contributed by atoms with van der Waals surface area (Å²) in [6.07, 6.45) is 2.58. The lowest BCUT2D eigenvalue weighted by atomic mass is 9.89. The summed E-state index contributed by atoms with van der Waals surface area (Å²) < 4.78 is 5.77. The maximum absolute atomic E-state index is 5.77. The van der Waals surface area contributed by atoms with Crippen LogP contribution in [0.3, 0.4) is 0 Å². The summed E-state index contributed by atoms with van der Waals surface area (Å²) in [5.74, 6) is 1.12. The quantitative estimate of drug-likeness (QED) is 0.844. The second-order valence-corrected chi connectivity index (χ2v) is 4.74. The van der Waals surface area contributed by atoms with Gasteiger partial charge in [0.15, 0.2) is 0 Å². The first-order valence-corrected chi connectivity index (χ1v) is 6.18. The van der Waals surface area contributed by atoms with Crippen molar-refractivity contribution in [1.82, 2.24) is 0 Å². The molecule has 1 aromatic carbocycles. The Bertz CT molecular complexity index is 312. The first-order valence-electron chi connectivity index (χ1n) is 6.18. The molecule has 1 heterocycles. The zero-order valence-corrected chi connectivity index (χ0v) is 9.93. The molecule has 0 bridgehead atoms. The zero-order valence-electron chi connectivity index (χ0n) is 9.93. The number of rotatable bonds is 4. The van der Waals surface area contributed by atoms with E-state index in [1.54, 1.807) is 0 Å². The van der Waals surface area contributed by atoms with Crippen LogP contribution >= 0.6 is 0 Å². The minimum Gasteiger partial charge on any atom is -0.378 e. The molecule has 16 heavy (non-hydrogen) atoms. The molecular formula is C14H21NO. The molecule has 2 rings (SSSR count). The van der Waals surface area contributed by atoms with E-state index in [4.69, 9.17) is 10.5 Å². The zero-order chi connectivity index (χ0) is 11.4. The van der Waals surface area contributed by atoms with Crippen molar-refractivity contribution in [1.29, 1.82) is 0 Å². The molecule has 3 unspecified atom stereocenters. The van der Waals surface area contributed by atoms with Gasteiger partial charge in [0.25, 0.3) is 0 Å². The molecule has 0 aliphatic carbocycles. The highest BCUT2D eigenvalue weighted by atomic mass is 16.5. The van der Waals surface area contributed by atoms with Crippen LogP contribution in [0, 0.1) is 5.92 Å². The third kappa shape index (κ3) is 2.63. The van der Waals surface area contributed by atoms with Gasteiger partial charge >= 0.3 is 0 Å². The molecule has 2 heteroatoms. The molecule has 88 valence electrons. The summed E-state index contributed by atoms with van der Waals surface area (Å²) in [7, 11) is 0. The van der Waals surface area contributed by atoms with Crippen molar-refractivity contribution in [2.45, 2.75) is 31.8 Å². The number of hydrogen-bond donors (Lipinski definition) is 1. The number of benzene rings is 1. The Balaban J connectivity index is 1.94. The van der Waals surface area contributed by atoms with Gasteiger partial charge in [0.2, 0.25) is 0 Å². The van der Waals surface area contributed by atoms with Crippen molar-refractivity contribution in [3.8, 4) is 0 Å². The normalized spacial score (nSPS) is 26.9. The fourth-order valence-electron chi connectivity index (χ4n) is 2.49.